The normalized spacial score (nSPS) is 17.0. The maximum atomic E-state index is 6.25. The highest BCUT2D eigenvalue weighted by molar-refractivity contribution is 5.87. The lowest BCUT2D eigenvalue weighted by atomic mass is 9.99. The summed E-state index contributed by atoms with van der Waals surface area (Å²) in [7, 11) is 2.18. The molecule has 2 heterocycles. The van der Waals surface area contributed by atoms with Crippen LogP contribution in [-0.2, 0) is 26.6 Å². The molecule has 0 amide bonds. The fourth-order valence-corrected chi connectivity index (χ4v) is 3.67. The number of nitrogens with two attached hydrogens (primary N) is 1. The summed E-state index contributed by atoms with van der Waals surface area (Å²) in [4.78, 5) is 2.56. The number of hydrogen-bond donors (Lipinski definition) is 1. The Balaban J connectivity index is 2.07. The summed E-state index contributed by atoms with van der Waals surface area (Å²) in [6.07, 6.45) is 2.00. The first-order valence-electron chi connectivity index (χ1n) is 8.82. The van der Waals surface area contributed by atoms with Gasteiger partial charge in [0.25, 0.3) is 0 Å². The third-order valence-corrected chi connectivity index (χ3v) is 5.61. The third kappa shape index (κ3) is 2.81. The largest absolute Gasteiger partial charge is 0.348 e. The molecule has 1 aliphatic rings. The zero-order valence-electron chi connectivity index (χ0n) is 15.5. The van der Waals surface area contributed by atoms with Crippen molar-refractivity contribution in [1.29, 1.82) is 0 Å². The van der Waals surface area contributed by atoms with Crippen LogP contribution in [0.4, 0.5) is 0 Å². The van der Waals surface area contributed by atoms with Crippen LogP contribution in [0.1, 0.15) is 56.5 Å². The van der Waals surface area contributed by atoms with Gasteiger partial charge in [0.05, 0.1) is 0 Å². The van der Waals surface area contributed by atoms with Crippen molar-refractivity contribution in [2.75, 3.05) is 0 Å². The van der Waals surface area contributed by atoms with E-state index >= 15 is 0 Å². The maximum Gasteiger partial charge on any atom is 0.0486 e. The number of rotatable bonds is 3. The number of fused-ring (bicyclic) bond motifs is 2. The van der Waals surface area contributed by atoms with Crippen LogP contribution in [0.5, 0.6) is 0 Å². The first kappa shape index (κ1) is 16.5. The summed E-state index contributed by atoms with van der Waals surface area (Å²) in [6, 6.07) is 5.09. The van der Waals surface area contributed by atoms with E-state index in [0.29, 0.717) is 0 Å². The molecule has 1 aromatic carbocycles. The van der Waals surface area contributed by atoms with E-state index in [9.17, 15) is 0 Å². The lowest BCUT2D eigenvalue weighted by Crippen LogP contribution is -2.36. The fourth-order valence-electron chi connectivity index (χ4n) is 3.67. The second kappa shape index (κ2) is 5.64. The topological polar surface area (TPSA) is 34.2 Å². The predicted octanol–water partition coefficient (Wildman–Crippen LogP) is 3.88. The standard InChI is InChI=1S/C20H31N3/c1-7-16(21)10-17-13(2)22(6)19-9-15-12-23(20(3,4)5)11-14(15)8-18(17)19/h8-9,16H,7,10-12,21H2,1-6H3. The SMILES string of the molecule is CCC(N)Cc1c(C)n(C)c2cc3c(cc12)CN(C(C)(C)C)C3. The molecule has 2 N–H and O–H groups in total. The van der Waals surface area contributed by atoms with Crippen molar-refractivity contribution in [3.63, 3.8) is 0 Å². The zero-order chi connectivity index (χ0) is 16.9. The van der Waals surface area contributed by atoms with E-state index in [1.807, 2.05) is 0 Å². The molecule has 23 heavy (non-hydrogen) atoms. The van der Waals surface area contributed by atoms with Crippen molar-refractivity contribution in [3.05, 3.63) is 34.5 Å². The average molecular weight is 313 g/mol. The van der Waals surface area contributed by atoms with Gasteiger partial charge in [0.15, 0.2) is 0 Å². The first-order chi connectivity index (χ1) is 10.7. The number of hydrogen-bond acceptors (Lipinski definition) is 2. The molecule has 0 radical (unpaired) electrons. The van der Waals surface area contributed by atoms with Crippen LogP contribution >= 0.6 is 0 Å². The highest BCUT2D eigenvalue weighted by Gasteiger charge is 2.29. The first-order valence-corrected chi connectivity index (χ1v) is 8.82. The van der Waals surface area contributed by atoms with Gasteiger partial charge >= 0.3 is 0 Å². The second-order valence-electron chi connectivity index (χ2n) is 8.16. The summed E-state index contributed by atoms with van der Waals surface area (Å²) in [5.74, 6) is 0. The van der Waals surface area contributed by atoms with E-state index in [1.165, 1.54) is 33.3 Å². The molecule has 0 bridgehead atoms. The van der Waals surface area contributed by atoms with Crippen LogP contribution in [0.3, 0.4) is 0 Å². The molecule has 0 fully saturated rings. The molecule has 1 aromatic heterocycles. The van der Waals surface area contributed by atoms with Crippen LogP contribution < -0.4 is 5.73 Å². The van der Waals surface area contributed by atoms with Gasteiger partial charge in [0.1, 0.15) is 0 Å². The highest BCUT2D eigenvalue weighted by Crippen LogP contribution is 2.35. The summed E-state index contributed by atoms with van der Waals surface area (Å²) in [5, 5.41) is 1.41. The molecule has 2 aromatic rings. The van der Waals surface area contributed by atoms with Gasteiger partial charge in [0, 0.05) is 48.3 Å². The van der Waals surface area contributed by atoms with Gasteiger partial charge in [-0.25, -0.2) is 0 Å². The van der Waals surface area contributed by atoms with E-state index in [1.54, 1.807) is 0 Å². The Morgan fingerprint density at radius 3 is 2.35 bits per heavy atom. The van der Waals surface area contributed by atoms with Gasteiger partial charge in [-0.1, -0.05) is 6.92 Å². The molecule has 0 aliphatic carbocycles. The van der Waals surface area contributed by atoms with Crippen LogP contribution in [0.2, 0.25) is 0 Å². The summed E-state index contributed by atoms with van der Waals surface area (Å²) < 4.78 is 2.34. The van der Waals surface area contributed by atoms with Gasteiger partial charge in [0.2, 0.25) is 0 Å². The number of benzene rings is 1. The van der Waals surface area contributed by atoms with Crippen LogP contribution in [0, 0.1) is 6.92 Å². The molecule has 0 saturated carbocycles. The number of nitrogens with zero attached hydrogens (tertiary/aromatic N) is 2. The zero-order valence-corrected chi connectivity index (χ0v) is 15.5. The second-order valence-corrected chi connectivity index (χ2v) is 8.16. The van der Waals surface area contributed by atoms with Gasteiger partial charge in [-0.15, -0.1) is 0 Å². The van der Waals surface area contributed by atoms with Crippen LogP contribution in [0.25, 0.3) is 10.9 Å². The molecular formula is C20H31N3. The van der Waals surface area contributed by atoms with Gasteiger partial charge in [-0.05, 0) is 69.4 Å². The van der Waals surface area contributed by atoms with Gasteiger partial charge in [-0.3, -0.25) is 4.90 Å². The Hall–Kier alpha value is -1.32. The maximum absolute atomic E-state index is 6.25. The molecule has 0 spiro atoms. The van der Waals surface area contributed by atoms with Crippen molar-refractivity contribution >= 4 is 10.9 Å². The number of aryl methyl sites for hydroxylation is 1. The lowest BCUT2D eigenvalue weighted by molar-refractivity contribution is 0.136. The van der Waals surface area contributed by atoms with Gasteiger partial charge < -0.3 is 10.3 Å². The van der Waals surface area contributed by atoms with Crippen molar-refractivity contribution < 1.29 is 0 Å². The van der Waals surface area contributed by atoms with Crippen molar-refractivity contribution in [2.24, 2.45) is 12.8 Å². The Labute approximate surface area is 140 Å². The lowest BCUT2D eigenvalue weighted by Gasteiger charge is -2.31. The minimum atomic E-state index is 0.217. The number of aromatic nitrogens is 1. The van der Waals surface area contributed by atoms with E-state index in [-0.39, 0.29) is 11.6 Å². The van der Waals surface area contributed by atoms with E-state index in [4.69, 9.17) is 5.73 Å². The van der Waals surface area contributed by atoms with E-state index in [2.05, 4.69) is 63.3 Å². The molecule has 1 unspecified atom stereocenters. The predicted molar refractivity (Wildman–Crippen MR) is 98.6 cm³/mol. The minimum absolute atomic E-state index is 0.217. The Bertz CT molecular complexity index is 734. The molecule has 0 saturated heterocycles. The summed E-state index contributed by atoms with van der Waals surface area (Å²) in [5.41, 5.74) is 13.6. The fraction of sp³-hybridized carbons (Fsp3) is 0.600. The molecule has 1 atom stereocenters. The monoisotopic (exact) mass is 313 g/mol. The van der Waals surface area contributed by atoms with Crippen LogP contribution in [0.15, 0.2) is 12.1 Å². The van der Waals surface area contributed by atoms with Crippen molar-refractivity contribution in [2.45, 2.75) is 72.1 Å². The summed E-state index contributed by atoms with van der Waals surface area (Å²) in [6.45, 7) is 13.4. The molecule has 126 valence electrons. The third-order valence-electron chi connectivity index (χ3n) is 5.61. The van der Waals surface area contributed by atoms with Crippen molar-refractivity contribution in [1.82, 2.24) is 9.47 Å². The Kier molecular flexibility index (Phi) is 4.06. The Morgan fingerprint density at radius 1 is 1.17 bits per heavy atom. The Morgan fingerprint density at radius 2 is 1.78 bits per heavy atom. The minimum Gasteiger partial charge on any atom is -0.348 e. The summed E-state index contributed by atoms with van der Waals surface area (Å²) >= 11 is 0. The molecule has 3 heteroatoms. The van der Waals surface area contributed by atoms with Gasteiger partial charge in [-0.2, -0.15) is 0 Å². The molecule has 3 nitrogen and oxygen atoms in total. The average Bonchev–Trinajstić information content (AvgIpc) is 3.00. The van der Waals surface area contributed by atoms with E-state index < -0.39 is 0 Å². The quantitative estimate of drug-likeness (QED) is 0.933. The van der Waals surface area contributed by atoms with Crippen molar-refractivity contribution in [3.8, 4) is 0 Å². The highest BCUT2D eigenvalue weighted by atomic mass is 15.2. The molecule has 3 rings (SSSR count). The van der Waals surface area contributed by atoms with Crippen LogP contribution in [-0.4, -0.2) is 21.0 Å². The van der Waals surface area contributed by atoms with E-state index in [0.717, 1.165) is 25.9 Å². The smallest absolute Gasteiger partial charge is 0.0486 e. The molecule has 1 aliphatic heterocycles. The molecular weight excluding hydrogens is 282 g/mol.